The van der Waals surface area contributed by atoms with Gasteiger partial charge in [-0.3, -0.25) is 9.59 Å². The first kappa shape index (κ1) is 15.2. The first-order valence-electron chi connectivity index (χ1n) is 7.55. The fraction of sp³-hybridized carbons (Fsp3) is 0.375. The summed E-state index contributed by atoms with van der Waals surface area (Å²) in [5.41, 5.74) is 2.38. The van der Waals surface area contributed by atoms with Gasteiger partial charge in [0.05, 0.1) is 24.9 Å². The van der Waals surface area contributed by atoms with Gasteiger partial charge in [-0.15, -0.1) is 0 Å². The maximum Gasteiger partial charge on any atom is 0.267 e. The average Bonchev–Trinajstić information content (AvgIpc) is 3.02. The normalized spacial score (nSPS) is 12.7. The third kappa shape index (κ3) is 3.39. The van der Waals surface area contributed by atoms with E-state index in [0.29, 0.717) is 24.5 Å². The van der Waals surface area contributed by atoms with Crippen LogP contribution in [0.3, 0.4) is 0 Å². The van der Waals surface area contributed by atoms with Crippen molar-refractivity contribution in [2.75, 3.05) is 13.7 Å². The predicted molar refractivity (Wildman–Crippen MR) is 83.6 cm³/mol. The highest BCUT2D eigenvalue weighted by atomic mass is 16.5. The van der Waals surface area contributed by atoms with E-state index in [-0.39, 0.29) is 11.5 Å². The van der Waals surface area contributed by atoms with Gasteiger partial charge in [-0.1, -0.05) is 0 Å². The lowest BCUT2D eigenvalue weighted by molar-refractivity contribution is 0.0951. The third-order valence-corrected chi connectivity index (χ3v) is 3.84. The Labute approximate surface area is 133 Å². The summed E-state index contributed by atoms with van der Waals surface area (Å²) >= 11 is 0. The Morgan fingerprint density at radius 1 is 1.39 bits per heavy atom. The number of hydrogen-bond acceptors (Lipinski definition) is 5. The molecule has 1 N–H and O–H groups in total. The largest absolute Gasteiger partial charge is 0.481 e. The zero-order valence-electron chi connectivity index (χ0n) is 12.9. The lowest BCUT2D eigenvalue weighted by atomic mass is 10.2. The average molecular weight is 314 g/mol. The predicted octanol–water partition coefficient (Wildman–Crippen LogP) is 0.566. The van der Waals surface area contributed by atoms with Crippen molar-refractivity contribution in [2.24, 2.45) is 0 Å². The number of nitrogens with one attached hydrogen (secondary N) is 1. The van der Waals surface area contributed by atoms with Crippen molar-refractivity contribution in [2.45, 2.75) is 25.8 Å². The lowest BCUT2D eigenvalue weighted by Crippen LogP contribution is -2.32. The van der Waals surface area contributed by atoms with Crippen LogP contribution in [0.5, 0.6) is 5.88 Å². The monoisotopic (exact) mass is 314 g/mol. The molecule has 0 spiro atoms. The molecule has 0 fully saturated rings. The summed E-state index contributed by atoms with van der Waals surface area (Å²) in [6.45, 7) is 0.679. The third-order valence-electron chi connectivity index (χ3n) is 3.84. The fourth-order valence-corrected chi connectivity index (χ4v) is 2.61. The summed E-state index contributed by atoms with van der Waals surface area (Å²) in [4.78, 5) is 28.0. The molecule has 7 nitrogen and oxygen atoms in total. The van der Waals surface area contributed by atoms with Crippen molar-refractivity contribution >= 4 is 5.91 Å². The molecule has 1 amide bonds. The molecule has 1 aliphatic rings. The highest BCUT2D eigenvalue weighted by Crippen LogP contribution is 2.16. The van der Waals surface area contributed by atoms with E-state index in [0.717, 1.165) is 30.5 Å². The minimum atomic E-state index is -0.241. The number of aryl methyl sites for hydroxylation is 2. The summed E-state index contributed by atoms with van der Waals surface area (Å²) in [6.07, 6.45) is 4.35. The number of aromatic nitrogens is 3. The van der Waals surface area contributed by atoms with Gasteiger partial charge in [0, 0.05) is 24.9 Å². The molecule has 0 aliphatic heterocycles. The molecule has 2 heterocycles. The van der Waals surface area contributed by atoms with Gasteiger partial charge >= 0.3 is 0 Å². The van der Waals surface area contributed by atoms with Crippen LogP contribution in [0, 0.1) is 0 Å². The summed E-state index contributed by atoms with van der Waals surface area (Å²) < 4.78 is 6.36. The number of nitrogens with zero attached hydrogens (tertiary/aromatic N) is 3. The Kier molecular flexibility index (Phi) is 4.36. The Hall–Kier alpha value is -2.70. The Balaban J connectivity index is 1.58. The quantitative estimate of drug-likeness (QED) is 0.872. The van der Waals surface area contributed by atoms with E-state index >= 15 is 0 Å². The Morgan fingerprint density at radius 3 is 3.00 bits per heavy atom. The van der Waals surface area contributed by atoms with Gasteiger partial charge in [-0.2, -0.15) is 5.10 Å². The van der Waals surface area contributed by atoms with Crippen LogP contribution in [0.2, 0.25) is 0 Å². The van der Waals surface area contributed by atoms with Crippen molar-refractivity contribution in [1.82, 2.24) is 20.1 Å². The van der Waals surface area contributed by atoms with Gasteiger partial charge in [0.25, 0.3) is 11.5 Å². The summed E-state index contributed by atoms with van der Waals surface area (Å²) in [5, 5.41) is 7.13. The van der Waals surface area contributed by atoms with Crippen LogP contribution in [-0.2, 0) is 19.4 Å². The van der Waals surface area contributed by atoms with E-state index in [1.165, 1.54) is 18.0 Å². The van der Waals surface area contributed by atoms with Gasteiger partial charge in [0.1, 0.15) is 0 Å². The van der Waals surface area contributed by atoms with E-state index < -0.39 is 0 Å². The van der Waals surface area contributed by atoms with E-state index in [4.69, 9.17) is 4.74 Å². The molecule has 0 unspecified atom stereocenters. The number of carbonyl (C=O) groups excluding carboxylic acids is 1. The van der Waals surface area contributed by atoms with Gasteiger partial charge in [-0.05, 0) is 30.9 Å². The van der Waals surface area contributed by atoms with Crippen LogP contribution in [0.4, 0.5) is 0 Å². The molecule has 0 saturated heterocycles. The topological polar surface area (TPSA) is 86.1 Å². The van der Waals surface area contributed by atoms with Crippen molar-refractivity contribution in [3.05, 3.63) is 51.6 Å². The number of methoxy groups -OCH3 is 1. The molecular weight excluding hydrogens is 296 g/mol. The summed E-state index contributed by atoms with van der Waals surface area (Å²) in [7, 11) is 1.52. The highest BCUT2D eigenvalue weighted by Gasteiger charge is 2.14. The SMILES string of the molecule is COc1ccc(C(=O)NCCn2nc3c(cc2=O)CCC3)cn1. The van der Waals surface area contributed by atoms with Crippen molar-refractivity contribution in [3.8, 4) is 5.88 Å². The minimum Gasteiger partial charge on any atom is -0.481 e. The number of pyridine rings is 1. The van der Waals surface area contributed by atoms with Crippen LogP contribution in [0.25, 0.3) is 0 Å². The Bertz CT molecular complexity index is 768. The number of carbonyl (C=O) groups is 1. The molecule has 2 aromatic rings. The molecule has 23 heavy (non-hydrogen) atoms. The number of rotatable bonds is 5. The summed E-state index contributed by atoms with van der Waals surface area (Å²) in [5.74, 6) is 0.213. The second kappa shape index (κ2) is 6.60. The number of fused-ring (bicyclic) bond motifs is 1. The summed E-state index contributed by atoms with van der Waals surface area (Å²) in [6, 6.07) is 4.92. The van der Waals surface area contributed by atoms with Crippen LogP contribution < -0.4 is 15.6 Å². The van der Waals surface area contributed by atoms with Crippen molar-refractivity contribution in [1.29, 1.82) is 0 Å². The molecule has 0 atom stereocenters. The standard InChI is InChI=1S/C16H18N4O3/c1-23-14-6-5-12(10-18-14)16(22)17-7-8-20-15(21)9-11-3-2-4-13(11)19-20/h5-6,9-10H,2-4,7-8H2,1H3,(H,17,22). The number of ether oxygens (including phenoxy) is 1. The fourth-order valence-electron chi connectivity index (χ4n) is 2.61. The molecule has 2 aromatic heterocycles. The molecule has 3 rings (SSSR count). The molecule has 1 aliphatic carbocycles. The zero-order chi connectivity index (χ0) is 16.2. The van der Waals surface area contributed by atoms with Gasteiger partial charge < -0.3 is 10.1 Å². The molecule has 0 aromatic carbocycles. The molecule has 0 radical (unpaired) electrons. The molecule has 120 valence electrons. The number of amides is 1. The van der Waals surface area contributed by atoms with E-state index in [1.807, 2.05) is 0 Å². The van der Waals surface area contributed by atoms with Gasteiger partial charge in [-0.25, -0.2) is 9.67 Å². The molecule has 0 bridgehead atoms. The van der Waals surface area contributed by atoms with Gasteiger partial charge in [0.2, 0.25) is 5.88 Å². The second-order valence-electron chi connectivity index (χ2n) is 5.38. The lowest BCUT2D eigenvalue weighted by Gasteiger charge is -2.08. The zero-order valence-corrected chi connectivity index (χ0v) is 12.9. The molecular formula is C16H18N4O3. The number of hydrogen-bond donors (Lipinski definition) is 1. The van der Waals surface area contributed by atoms with Gasteiger partial charge in [0.15, 0.2) is 0 Å². The van der Waals surface area contributed by atoms with E-state index in [2.05, 4.69) is 15.4 Å². The van der Waals surface area contributed by atoms with Crippen LogP contribution in [0.1, 0.15) is 28.0 Å². The van der Waals surface area contributed by atoms with Crippen molar-refractivity contribution in [3.63, 3.8) is 0 Å². The van der Waals surface area contributed by atoms with Crippen LogP contribution in [-0.4, -0.2) is 34.3 Å². The second-order valence-corrected chi connectivity index (χ2v) is 5.38. The smallest absolute Gasteiger partial charge is 0.267 e. The first-order chi connectivity index (χ1) is 11.2. The maximum absolute atomic E-state index is 12.0. The maximum atomic E-state index is 12.0. The molecule has 7 heteroatoms. The van der Waals surface area contributed by atoms with E-state index in [1.54, 1.807) is 18.2 Å². The van der Waals surface area contributed by atoms with Crippen LogP contribution >= 0.6 is 0 Å². The van der Waals surface area contributed by atoms with E-state index in [9.17, 15) is 9.59 Å². The highest BCUT2D eigenvalue weighted by molar-refractivity contribution is 5.93. The van der Waals surface area contributed by atoms with Crippen LogP contribution in [0.15, 0.2) is 29.2 Å². The molecule has 0 saturated carbocycles. The Morgan fingerprint density at radius 2 is 2.26 bits per heavy atom. The van der Waals surface area contributed by atoms with Crippen molar-refractivity contribution < 1.29 is 9.53 Å². The minimum absolute atomic E-state index is 0.119. The first-order valence-corrected chi connectivity index (χ1v) is 7.55.